The van der Waals surface area contributed by atoms with Crippen molar-refractivity contribution >= 4 is 5.97 Å². The highest BCUT2D eigenvalue weighted by Gasteiger charge is 2.76. The van der Waals surface area contributed by atoms with Gasteiger partial charge in [0, 0.05) is 17.9 Å². The number of benzene rings is 2. The number of rotatable bonds is 1. The maximum Gasteiger partial charge on any atom is 0.308 e. The largest absolute Gasteiger partial charge is 0.427 e. The number of epoxide rings is 1. The van der Waals surface area contributed by atoms with Crippen LogP contribution in [0.3, 0.4) is 0 Å². The Morgan fingerprint density at radius 3 is 2.81 bits per heavy atom. The molecule has 0 aromatic heterocycles. The first-order chi connectivity index (χ1) is 15.0. The highest BCUT2D eigenvalue weighted by molar-refractivity contribution is 5.69. The third kappa shape index (κ3) is 2.81. The van der Waals surface area contributed by atoms with Gasteiger partial charge in [-0.2, -0.15) is 0 Å². The van der Waals surface area contributed by atoms with E-state index in [1.165, 1.54) is 30.9 Å². The molecule has 31 heavy (non-hydrogen) atoms. The van der Waals surface area contributed by atoms with E-state index in [-0.39, 0.29) is 17.0 Å². The smallest absolute Gasteiger partial charge is 0.308 e. The standard InChI is InChI=1S/C28H28O3/c1-18(29)30-21-9-11-22-20(16-21)8-10-24-23(22)13-14-27(2)25(24)17-26-28(27,31-26)15-12-19-6-4-3-5-7-19/h3-7,9,11,16,23-26H,8,10,13-14,17H2,1-2H3. The van der Waals surface area contributed by atoms with Crippen molar-refractivity contribution in [2.75, 3.05) is 0 Å². The monoisotopic (exact) mass is 412 g/mol. The van der Waals surface area contributed by atoms with E-state index >= 15 is 0 Å². The molecule has 3 heteroatoms. The van der Waals surface area contributed by atoms with E-state index in [4.69, 9.17) is 9.47 Å². The molecule has 1 aliphatic heterocycles. The van der Waals surface area contributed by atoms with Crippen molar-refractivity contribution in [2.24, 2.45) is 17.3 Å². The Morgan fingerprint density at radius 2 is 2.00 bits per heavy atom. The molecule has 0 radical (unpaired) electrons. The molecule has 0 spiro atoms. The number of carbonyl (C=O) groups is 1. The molecule has 4 aliphatic rings. The molecule has 0 bridgehead atoms. The van der Waals surface area contributed by atoms with Crippen LogP contribution in [0.5, 0.6) is 5.75 Å². The number of ether oxygens (including phenoxy) is 2. The van der Waals surface area contributed by atoms with Crippen LogP contribution in [0.4, 0.5) is 0 Å². The van der Waals surface area contributed by atoms with Crippen LogP contribution in [-0.4, -0.2) is 17.7 Å². The third-order valence-electron chi connectivity index (χ3n) is 8.56. The summed E-state index contributed by atoms with van der Waals surface area (Å²) in [6, 6.07) is 16.5. The highest BCUT2D eigenvalue weighted by Crippen LogP contribution is 2.71. The van der Waals surface area contributed by atoms with Gasteiger partial charge in [0.1, 0.15) is 11.9 Å². The fourth-order valence-electron chi connectivity index (χ4n) is 7.08. The fourth-order valence-corrected chi connectivity index (χ4v) is 7.08. The van der Waals surface area contributed by atoms with Gasteiger partial charge < -0.3 is 9.47 Å². The quantitative estimate of drug-likeness (QED) is 0.277. The second kappa shape index (κ2) is 6.71. The predicted molar refractivity (Wildman–Crippen MR) is 119 cm³/mol. The average molecular weight is 413 g/mol. The molecule has 6 unspecified atom stereocenters. The molecule has 6 rings (SSSR count). The lowest BCUT2D eigenvalue weighted by Gasteiger charge is -2.51. The number of hydrogen-bond acceptors (Lipinski definition) is 3. The van der Waals surface area contributed by atoms with E-state index in [2.05, 4.69) is 43.0 Å². The van der Waals surface area contributed by atoms with E-state index in [0.29, 0.717) is 29.6 Å². The molecule has 2 aromatic carbocycles. The average Bonchev–Trinajstić information content (AvgIpc) is 3.42. The molecule has 3 fully saturated rings. The Hall–Kier alpha value is -2.57. The minimum atomic E-state index is -0.255. The van der Waals surface area contributed by atoms with Gasteiger partial charge in [-0.05, 0) is 85.3 Å². The summed E-state index contributed by atoms with van der Waals surface area (Å²) in [7, 11) is 0. The summed E-state index contributed by atoms with van der Waals surface area (Å²) >= 11 is 0. The maximum absolute atomic E-state index is 11.3. The zero-order valence-electron chi connectivity index (χ0n) is 18.2. The van der Waals surface area contributed by atoms with Gasteiger partial charge in [-0.3, -0.25) is 4.79 Å². The van der Waals surface area contributed by atoms with Crippen molar-refractivity contribution in [3.63, 3.8) is 0 Å². The van der Waals surface area contributed by atoms with Crippen molar-refractivity contribution in [1.82, 2.24) is 0 Å². The van der Waals surface area contributed by atoms with Gasteiger partial charge in [-0.25, -0.2) is 0 Å². The first-order valence-corrected chi connectivity index (χ1v) is 11.6. The van der Waals surface area contributed by atoms with E-state index < -0.39 is 0 Å². The molecule has 3 aliphatic carbocycles. The van der Waals surface area contributed by atoms with Crippen LogP contribution in [0, 0.1) is 29.1 Å². The van der Waals surface area contributed by atoms with Gasteiger partial charge >= 0.3 is 5.97 Å². The normalized spacial score (nSPS) is 36.7. The van der Waals surface area contributed by atoms with Crippen molar-refractivity contribution in [3.05, 3.63) is 65.2 Å². The van der Waals surface area contributed by atoms with E-state index in [0.717, 1.165) is 24.8 Å². The zero-order chi connectivity index (χ0) is 21.2. The molecule has 0 N–H and O–H groups in total. The first-order valence-electron chi connectivity index (χ1n) is 11.6. The topological polar surface area (TPSA) is 38.8 Å². The van der Waals surface area contributed by atoms with Gasteiger partial charge in [-0.15, -0.1) is 0 Å². The minimum Gasteiger partial charge on any atom is -0.427 e. The summed E-state index contributed by atoms with van der Waals surface area (Å²) in [5.41, 5.74) is 3.79. The SMILES string of the molecule is CC(=O)Oc1ccc2c(c1)CCC1C2CCC2(C)C1CC1OC12C#Cc1ccccc1. The lowest BCUT2D eigenvalue weighted by atomic mass is 9.53. The summed E-state index contributed by atoms with van der Waals surface area (Å²) in [6.07, 6.45) is 6.04. The summed E-state index contributed by atoms with van der Waals surface area (Å²) in [6.45, 7) is 3.90. The van der Waals surface area contributed by atoms with E-state index in [9.17, 15) is 4.79 Å². The van der Waals surface area contributed by atoms with Gasteiger partial charge in [0.05, 0.1) is 0 Å². The van der Waals surface area contributed by atoms with Crippen molar-refractivity contribution < 1.29 is 14.3 Å². The van der Waals surface area contributed by atoms with Gasteiger partial charge in [0.15, 0.2) is 5.60 Å². The van der Waals surface area contributed by atoms with Crippen LogP contribution < -0.4 is 4.74 Å². The van der Waals surface area contributed by atoms with Crippen molar-refractivity contribution in [3.8, 4) is 17.6 Å². The molecular weight excluding hydrogens is 384 g/mol. The minimum absolute atomic E-state index is 0.135. The summed E-state index contributed by atoms with van der Waals surface area (Å²) in [5.74, 6) is 9.41. The second-order valence-electron chi connectivity index (χ2n) is 10.0. The Balaban J connectivity index is 1.28. The number of esters is 1. The maximum atomic E-state index is 11.3. The highest BCUT2D eigenvalue weighted by atomic mass is 16.6. The molecule has 1 saturated heterocycles. The molecule has 6 atom stereocenters. The second-order valence-corrected chi connectivity index (χ2v) is 10.0. The summed E-state index contributed by atoms with van der Waals surface area (Å²) < 4.78 is 11.6. The Labute approximate surface area is 184 Å². The van der Waals surface area contributed by atoms with E-state index in [1.54, 1.807) is 0 Å². The van der Waals surface area contributed by atoms with Gasteiger partial charge in [0.25, 0.3) is 0 Å². The van der Waals surface area contributed by atoms with Crippen LogP contribution >= 0.6 is 0 Å². The van der Waals surface area contributed by atoms with Crippen LogP contribution in [0.15, 0.2) is 48.5 Å². The predicted octanol–water partition coefficient (Wildman–Crippen LogP) is 5.27. The molecule has 158 valence electrons. The van der Waals surface area contributed by atoms with Gasteiger partial charge in [0.2, 0.25) is 0 Å². The molecule has 1 heterocycles. The zero-order valence-corrected chi connectivity index (χ0v) is 18.2. The number of hydrogen-bond donors (Lipinski definition) is 0. The summed E-state index contributed by atoms with van der Waals surface area (Å²) in [4.78, 5) is 11.3. The lowest BCUT2D eigenvalue weighted by Crippen LogP contribution is -2.46. The third-order valence-corrected chi connectivity index (χ3v) is 8.56. The van der Waals surface area contributed by atoms with Crippen molar-refractivity contribution in [2.45, 2.75) is 63.6 Å². The van der Waals surface area contributed by atoms with E-state index in [1.807, 2.05) is 24.3 Å². The van der Waals surface area contributed by atoms with Crippen LogP contribution in [0.1, 0.15) is 62.1 Å². The summed E-state index contributed by atoms with van der Waals surface area (Å²) in [5, 5.41) is 0. The molecule has 2 aromatic rings. The lowest BCUT2D eigenvalue weighted by molar-refractivity contribution is -0.131. The van der Waals surface area contributed by atoms with Crippen molar-refractivity contribution in [1.29, 1.82) is 0 Å². The molecule has 3 nitrogen and oxygen atoms in total. The first kappa shape index (κ1) is 19.1. The Bertz CT molecular complexity index is 1110. The Kier molecular flexibility index (Phi) is 4.14. The molecule has 2 saturated carbocycles. The fraction of sp³-hybridized carbons (Fsp3) is 0.464. The number of carbonyl (C=O) groups excluding carboxylic acids is 1. The number of aryl methyl sites for hydroxylation is 1. The van der Waals surface area contributed by atoms with Gasteiger partial charge in [-0.1, -0.05) is 43.0 Å². The van der Waals surface area contributed by atoms with Crippen LogP contribution in [-0.2, 0) is 16.0 Å². The van der Waals surface area contributed by atoms with Crippen LogP contribution in [0.25, 0.3) is 0 Å². The molecule has 0 amide bonds. The molecular formula is C28H28O3. The Morgan fingerprint density at radius 1 is 1.16 bits per heavy atom. The van der Waals surface area contributed by atoms with Crippen LogP contribution in [0.2, 0.25) is 0 Å². The number of fused-ring (bicyclic) bond motifs is 7.